The number of piperazine rings is 1. The monoisotopic (exact) mass is 309 g/mol. The molecule has 0 amide bonds. The highest BCUT2D eigenvalue weighted by Gasteiger charge is 2.09. The van der Waals surface area contributed by atoms with Gasteiger partial charge in [-0.2, -0.15) is 0 Å². The molecule has 0 unspecified atom stereocenters. The summed E-state index contributed by atoms with van der Waals surface area (Å²) in [5, 5.41) is 4.53. The van der Waals surface area contributed by atoms with Gasteiger partial charge in [-0.25, -0.2) is 13.1 Å². The highest BCUT2D eigenvalue weighted by Crippen LogP contribution is 2.02. The summed E-state index contributed by atoms with van der Waals surface area (Å²) in [7, 11) is -3.34. The van der Waals surface area contributed by atoms with Crippen LogP contribution in [0.1, 0.15) is 12.0 Å². The van der Waals surface area contributed by atoms with Crippen molar-refractivity contribution in [2.24, 2.45) is 0 Å². The molecule has 1 fully saturated rings. The Hall–Kier alpha value is -1.21. The van der Waals surface area contributed by atoms with Crippen molar-refractivity contribution in [1.29, 1.82) is 0 Å². The largest absolute Gasteiger partial charge is 0.314 e. The smallest absolute Gasteiger partial charge is 0.233 e. The zero-order valence-corrected chi connectivity index (χ0v) is 13.0. The molecular weight excluding hydrogens is 286 g/mol. The summed E-state index contributed by atoms with van der Waals surface area (Å²) in [6.07, 6.45) is 2.44. The maximum atomic E-state index is 11.8. The van der Waals surface area contributed by atoms with Crippen molar-refractivity contribution in [3.05, 3.63) is 41.3 Å². The Morgan fingerprint density at radius 2 is 1.90 bits per heavy atom. The van der Waals surface area contributed by atoms with Gasteiger partial charge in [-0.15, -0.1) is 0 Å². The van der Waals surface area contributed by atoms with Gasteiger partial charge in [-0.3, -0.25) is 0 Å². The standard InChI is InChI=1S/C15H23N3O2S/c19-21(20,14-7-15-5-2-1-3-6-15)17-8-4-11-18-12-9-16-10-13-18/h1-3,5-7,14,16-17H,4,8-13H2/b14-7+. The Bertz CT molecular complexity index is 537. The third-order valence-corrected chi connectivity index (χ3v) is 4.50. The Morgan fingerprint density at radius 3 is 2.62 bits per heavy atom. The molecule has 1 aliphatic rings. The van der Waals surface area contributed by atoms with E-state index in [1.54, 1.807) is 6.08 Å². The summed E-state index contributed by atoms with van der Waals surface area (Å²) in [6.45, 7) is 5.54. The van der Waals surface area contributed by atoms with E-state index >= 15 is 0 Å². The molecule has 2 N–H and O–H groups in total. The van der Waals surface area contributed by atoms with Crippen molar-refractivity contribution in [3.63, 3.8) is 0 Å². The first-order valence-corrected chi connectivity index (χ1v) is 8.86. The third-order valence-electron chi connectivity index (χ3n) is 3.40. The molecule has 21 heavy (non-hydrogen) atoms. The maximum absolute atomic E-state index is 11.8. The van der Waals surface area contributed by atoms with Crippen LogP contribution in [0.5, 0.6) is 0 Å². The lowest BCUT2D eigenvalue weighted by Gasteiger charge is -2.26. The molecule has 6 heteroatoms. The lowest BCUT2D eigenvalue weighted by atomic mass is 10.2. The normalized spacial score (nSPS) is 17.3. The van der Waals surface area contributed by atoms with Crippen LogP contribution in [0, 0.1) is 0 Å². The molecule has 5 nitrogen and oxygen atoms in total. The minimum atomic E-state index is -3.34. The van der Waals surface area contributed by atoms with Crippen LogP contribution in [-0.4, -0.2) is 52.6 Å². The summed E-state index contributed by atoms with van der Waals surface area (Å²) in [5.74, 6) is 0. The second-order valence-electron chi connectivity index (χ2n) is 5.10. The summed E-state index contributed by atoms with van der Waals surface area (Å²) >= 11 is 0. The molecule has 1 saturated heterocycles. The van der Waals surface area contributed by atoms with Crippen LogP contribution in [0.15, 0.2) is 35.7 Å². The van der Waals surface area contributed by atoms with Gasteiger partial charge >= 0.3 is 0 Å². The zero-order valence-electron chi connectivity index (χ0n) is 12.2. The quantitative estimate of drug-likeness (QED) is 0.734. The highest BCUT2D eigenvalue weighted by molar-refractivity contribution is 7.92. The minimum Gasteiger partial charge on any atom is -0.314 e. The first-order chi connectivity index (χ1) is 10.2. The van der Waals surface area contributed by atoms with E-state index in [1.807, 2.05) is 30.3 Å². The number of sulfonamides is 1. The third kappa shape index (κ3) is 6.39. The van der Waals surface area contributed by atoms with E-state index < -0.39 is 10.0 Å². The minimum absolute atomic E-state index is 0.478. The maximum Gasteiger partial charge on any atom is 0.233 e. The number of hydrogen-bond donors (Lipinski definition) is 2. The van der Waals surface area contributed by atoms with Crippen LogP contribution in [0.3, 0.4) is 0 Å². The van der Waals surface area contributed by atoms with Crippen molar-refractivity contribution in [1.82, 2.24) is 14.9 Å². The highest BCUT2D eigenvalue weighted by atomic mass is 32.2. The van der Waals surface area contributed by atoms with Gasteiger partial charge in [-0.05, 0) is 24.6 Å². The first-order valence-electron chi connectivity index (χ1n) is 7.32. The molecule has 0 radical (unpaired) electrons. The molecule has 0 spiro atoms. The fraction of sp³-hybridized carbons (Fsp3) is 0.467. The summed E-state index contributed by atoms with van der Waals surface area (Å²) < 4.78 is 26.3. The van der Waals surface area contributed by atoms with Gasteiger partial charge in [0.25, 0.3) is 0 Å². The van der Waals surface area contributed by atoms with E-state index in [2.05, 4.69) is 14.9 Å². The zero-order chi connectivity index (χ0) is 15.0. The van der Waals surface area contributed by atoms with Crippen molar-refractivity contribution in [2.75, 3.05) is 39.3 Å². The molecule has 1 aliphatic heterocycles. The second-order valence-corrected chi connectivity index (χ2v) is 6.75. The summed E-state index contributed by atoms with van der Waals surface area (Å²) in [4.78, 5) is 2.35. The Labute approximate surface area is 127 Å². The fourth-order valence-electron chi connectivity index (χ4n) is 2.23. The first kappa shape index (κ1) is 16.2. The molecule has 1 heterocycles. The molecular formula is C15H23N3O2S. The van der Waals surface area contributed by atoms with E-state index in [9.17, 15) is 8.42 Å². The molecule has 2 rings (SSSR count). The number of benzene rings is 1. The average Bonchev–Trinajstić information content (AvgIpc) is 2.52. The number of rotatable bonds is 7. The molecule has 0 bridgehead atoms. The second kappa shape index (κ2) is 8.29. The molecule has 0 saturated carbocycles. The van der Waals surface area contributed by atoms with Crippen LogP contribution >= 0.6 is 0 Å². The van der Waals surface area contributed by atoms with Crippen molar-refractivity contribution < 1.29 is 8.42 Å². The van der Waals surface area contributed by atoms with Gasteiger partial charge in [0.2, 0.25) is 10.0 Å². The van der Waals surface area contributed by atoms with Crippen molar-refractivity contribution >= 4 is 16.1 Å². The summed E-state index contributed by atoms with van der Waals surface area (Å²) in [5.41, 5.74) is 0.878. The van der Waals surface area contributed by atoms with E-state index in [1.165, 1.54) is 5.41 Å². The van der Waals surface area contributed by atoms with Gasteiger partial charge in [0.05, 0.1) is 0 Å². The SMILES string of the molecule is O=S(=O)(/C=C/c1ccccc1)NCCCN1CCNCC1. The Balaban J connectivity index is 1.70. The molecule has 1 aromatic carbocycles. The molecule has 1 aromatic rings. The van der Waals surface area contributed by atoms with Crippen LogP contribution < -0.4 is 10.0 Å². The number of hydrogen-bond acceptors (Lipinski definition) is 4. The van der Waals surface area contributed by atoms with Crippen molar-refractivity contribution in [3.8, 4) is 0 Å². The number of nitrogens with zero attached hydrogens (tertiary/aromatic N) is 1. The van der Waals surface area contributed by atoms with Gasteiger partial charge in [-0.1, -0.05) is 30.3 Å². The van der Waals surface area contributed by atoms with Crippen LogP contribution in [-0.2, 0) is 10.0 Å². The van der Waals surface area contributed by atoms with E-state index in [0.717, 1.165) is 44.7 Å². The predicted octanol–water partition coefficient (Wildman–Crippen LogP) is 0.872. The lowest BCUT2D eigenvalue weighted by molar-refractivity contribution is 0.239. The molecule has 0 aliphatic carbocycles. The summed E-state index contributed by atoms with van der Waals surface area (Å²) in [6, 6.07) is 9.41. The molecule has 116 valence electrons. The van der Waals surface area contributed by atoms with E-state index in [4.69, 9.17) is 0 Å². The topological polar surface area (TPSA) is 61.4 Å². The van der Waals surface area contributed by atoms with Crippen LogP contribution in [0.25, 0.3) is 6.08 Å². The lowest BCUT2D eigenvalue weighted by Crippen LogP contribution is -2.44. The van der Waals surface area contributed by atoms with Gasteiger partial charge in [0.15, 0.2) is 0 Å². The van der Waals surface area contributed by atoms with Crippen LogP contribution in [0.2, 0.25) is 0 Å². The molecule has 0 atom stereocenters. The fourth-order valence-corrected chi connectivity index (χ4v) is 3.09. The van der Waals surface area contributed by atoms with Gasteiger partial charge in [0.1, 0.15) is 0 Å². The molecule has 0 aromatic heterocycles. The van der Waals surface area contributed by atoms with Crippen molar-refractivity contribution in [2.45, 2.75) is 6.42 Å². The number of nitrogens with one attached hydrogen (secondary N) is 2. The van der Waals surface area contributed by atoms with E-state index in [-0.39, 0.29) is 0 Å². The predicted molar refractivity (Wildman–Crippen MR) is 86.3 cm³/mol. The van der Waals surface area contributed by atoms with Crippen LogP contribution in [0.4, 0.5) is 0 Å². The Kier molecular flexibility index (Phi) is 6.38. The Morgan fingerprint density at radius 1 is 1.19 bits per heavy atom. The van der Waals surface area contributed by atoms with Gasteiger partial charge < -0.3 is 10.2 Å². The average molecular weight is 309 g/mol. The van der Waals surface area contributed by atoms with E-state index in [0.29, 0.717) is 6.54 Å². The van der Waals surface area contributed by atoms with Gasteiger partial charge in [0, 0.05) is 38.1 Å².